The molecule has 0 aliphatic carbocycles. The summed E-state index contributed by atoms with van der Waals surface area (Å²) in [6, 6.07) is 14.4. The summed E-state index contributed by atoms with van der Waals surface area (Å²) in [4.78, 5) is 27.0. The van der Waals surface area contributed by atoms with Crippen molar-refractivity contribution in [2.75, 3.05) is 0 Å². The van der Waals surface area contributed by atoms with Crippen LogP contribution in [0.5, 0.6) is 0 Å². The molecule has 0 aliphatic heterocycles. The Morgan fingerprint density at radius 3 is 2.54 bits per heavy atom. The number of carbonyl (C=O) groups is 2. The van der Waals surface area contributed by atoms with Crippen LogP contribution in [-0.4, -0.2) is 36.4 Å². The van der Waals surface area contributed by atoms with Crippen molar-refractivity contribution < 1.29 is 14.7 Å². The Morgan fingerprint density at radius 1 is 1.00 bits per heavy atom. The maximum atomic E-state index is 12.2. The van der Waals surface area contributed by atoms with E-state index in [1.165, 1.54) is 12.1 Å². The van der Waals surface area contributed by atoms with Crippen LogP contribution >= 0.6 is 0 Å². The fourth-order valence-corrected chi connectivity index (χ4v) is 4.03. The van der Waals surface area contributed by atoms with Crippen LogP contribution in [0.3, 0.4) is 0 Å². The Bertz CT molecular complexity index is 933. The number of aromatic carboxylic acids is 1. The summed E-state index contributed by atoms with van der Waals surface area (Å²) in [5.74, 6) is -0.959. The van der Waals surface area contributed by atoms with Crippen LogP contribution in [0.25, 0.3) is 16.8 Å². The first kappa shape index (κ1) is 16.2. The molecule has 4 nitrogen and oxygen atoms in total. The number of rotatable bonds is 5. The Balaban J connectivity index is 1.68. The molecule has 1 N–H and O–H groups in total. The SMILES string of the molecule is O=C(C=Cc1ccc(C(=O)O)cc1)[AsH]c1ccc2cnccc2c1. The van der Waals surface area contributed by atoms with Gasteiger partial charge >= 0.3 is 145 Å². The van der Waals surface area contributed by atoms with Gasteiger partial charge in [-0.1, -0.05) is 0 Å². The zero-order valence-corrected chi connectivity index (χ0v) is 14.7. The first-order valence-electron chi connectivity index (χ1n) is 7.28. The molecule has 0 saturated carbocycles. The van der Waals surface area contributed by atoms with Crippen LogP contribution in [0.15, 0.2) is 67.0 Å². The molecular weight excluding hydrogens is 365 g/mol. The molecule has 1 heterocycles. The molecule has 1 aromatic heterocycles. The van der Waals surface area contributed by atoms with Crippen molar-refractivity contribution in [3.8, 4) is 0 Å². The van der Waals surface area contributed by atoms with Gasteiger partial charge in [0.25, 0.3) is 0 Å². The normalized spacial score (nSPS) is 11.5. The molecule has 0 aliphatic rings. The summed E-state index contributed by atoms with van der Waals surface area (Å²) in [5, 5.41) is 11.0. The van der Waals surface area contributed by atoms with Gasteiger partial charge in [-0.2, -0.15) is 0 Å². The fraction of sp³-hybridized carbons (Fsp3) is 0. The second-order valence-corrected chi connectivity index (χ2v) is 7.96. The number of allylic oxidation sites excluding steroid dienone is 1. The summed E-state index contributed by atoms with van der Waals surface area (Å²) in [6.45, 7) is 0. The molecule has 0 amide bonds. The molecule has 2 aromatic carbocycles. The average molecular weight is 379 g/mol. The number of fused-ring (bicyclic) bond motifs is 1. The average Bonchev–Trinajstić information content (AvgIpc) is 2.60. The van der Waals surface area contributed by atoms with E-state index in [0.717, 1.165) is 20.7 Å². The molecule has 118 valence electrons. The van der Waals surface area contributed by atoms with E-state index in [2.05, 4.69) is 4.98 Å². The molecule has 5 heteroatoms. The number of aromatic nitrogens is 1. The van der Waals surface area contributed by atoms with Gasteiger partial charge < -0.3 is 0 Å². The van der Waals surface area contributed by atoms with Gasteiger partial charge in [-0.15, -0.1) is 0 Å². The van der Waals surface area contributed by atoms with Crippen molar-refractivity contribution in [3.05, 3.63) is 78.1 Å². The maximum absolute atomic E-state index is 12.2. The molecule has 24 heavy (non-hydrogen) atoms. The summed E-state index contributed by atoms with van der Waals surface area (Å²) < 4.78 is 1.19. The standard InChI is InChI=1S/C19H14AsNO3/c22-18(8-3-13-1-4-14(5-2-13)19(23)24)20-17-7-6-16-12-21-10-9-15(16)11-17/h1-12,20H,(H,23,24). The minimum atomic E-state index is -0.959. The summed E-state index contributed by atoms with van der Waals surface area (Å²) >= 11 is -0.915. The second-order valence-electron chi connectivity index (χ2n) is 5.19. The van der Waals surface area contributed by atoms with E-state index in [-0.39, 0.29) is 10.1 Å². The van der Waals surface area contributed by atoms with Crippen molar-refractivity contribution in [2.45, 2.75) is 0 Å². The summed E-state index contributed by atoms with van der Waals surface area (Å²) in [5.41, 5.74) is 1.04. The molecule has 1 unspecified atom stereocenters. The van der Waals surface area contributed by atoms with Crippen LogP contribution in [-0.2, 0) is 4.79 Å². The van der Waals surface area contributed by atoms with E-state index in [9.17, 15) is 9.59 Å². The van der Waals surface area contributed by atoms with Gasteiger partial charge in [0.15, 0.2) is 0 Å². The molecular formula is C19H14AsNO3. The molecule has 0 fully saturated rings. The van der Waals surface area contributed by atoms with E-state index in [1.54, 1.807) is 30.5 Å². The number of carboxylic acid groups (broad SMARTS) is 1. The van der Waals surface area contributed by atoms with Gasteiger partial charge in [0, 0.05) is 0 Å². The summed E-state index contributed by atoms with van der Waals surface area (Å²) in [6.07, 6.45) is 6.85. The number of carbonyl (C=O) groups excluding carboxylic acids is 1. The topological polar surface area (TPSA) is 67.3 Å². The van der Waals surface area contributed by atoms with Gasteiger partial charge in [0.1, 0.15) is 0 Å². The third-order valence-electron chi connectivity index (χ3n) is 3.49. The van der Waals surface area contributed by atoms with Crippen molar-refractivity contribution in [1.29, 1.82) is 0 Å². The van der Waals surface area contributed by atoms with Crippen LogP contribution in [0.2, 0.25) is 0 Å². The predicted molar refractivity (Wildman–Crippen MR) is 96.0 cm³/mol. The molecule has 0 spiro atoms. The van der Waals surface area contributed by atoms with Crippen molar-refractivity contribution in [1.82, 2.24) is 4.98 Å². The third-order valence-corrected chi connectivity index (χ3v) is 5.62. The molecule has 0 radical (unpaired) electrons. The van der Waals surface area contributed by atoms with Gasteiger partial charge in [-0.25, -0.2) is 0 Å². The van der Waals surface area contributed by atoms with Crippen LogP contribution < -0.4 is 4.35 Å². The quantitative estimate of drug-likeness (QED) is 0.546. The molecule has 3 aromatic rings. The fourth-order valence-electron chi connectivity index (χ4n) is 2.25. The third kappa shape index (κ3) is 3.97. The molecule has 0 bridgehead atoms. The first-order chi connectivity index (χ1) is 11.6. The zero-order chi connectivity index (χ0) is 16.9. The molecule has 1 atom stereocenters. The van der Waals surface area contributed by atoms with Crippen LogP contribution in [0, 0.1) is 0 Å². The predicted octanol–water partition coefficient (Wildman–Crippen LogP) is 2.23. The Kier molecular flexibility index (Phi) is 4.87. The van der Waals surface area contributed by atoms with E-state index >= 15 is 0 Å². The minimum absolute atomic E-state index is 0.116. The van der Waals surface area contributed by atoms with Gasteiger partial charge in [0.05, 0.1) is 0 Å². The van der Waals surface area contributed by atoms with Crippen LogP contribution in [0.4, 0.5) is 0 Å². The van der Waals surface area contributed by atoms with Crippen molar-refractivity contribution in [3.63, 3.8) is 0 Å². The number of nitrogens with zero attached hydrogens (tertiary/aromatic N) is 1. The van der Waals surface area contributed by atoms with Gasteiger partial charge in [-0.3, -0.25) is 0 Å². The second kappa shape index (κ2) is 7.24. The van der Waals surface area contributed by atoms with Crippen molar-refractivity contribution in [2.24, 2.45) is 0 Å². The first-order valence-corrected chi connectivity index (χ1v) is 9.38. The number of benzene rings is 2. The van der Waals surface area contributed by atoms with Crippen molar-refractivity contribution >= 4 is 47.5 Å². The zero-order valence-electron chi connectivity index (χ0n) is 12.6. The number of pyridine rings is 1. The summed E-state index contributed by atoms with van der Waals surface area (Å²) in [7, 11) is 0. The van der Waals surface area contributed by atoms with Gasteiger partial charge in [0.2, 0.25) is 0 Å². The number of hydrogen-bond donors (Lipinski definition) is 1. The van der Waals surface area contributed by atoms with E-state index in [1.807, 2.05) is 30.5 Å². The van der Waals surface area contributed by atoms with Crippen LogP contribution in [0.1, 0.15) is 15.9 Å². The van der Waals surface area contributed by atoms with E-state index in [0.29, 0.717) is 0 Å². The number of carboxylic acids is 1. The van der Waals surface area contributed by atoms with Gasteiger partial charge in [-0.05, 0) is 0 Å². The molecule has 3 rings (SSSR count). The van der Waals surface area contributed by atoms with E-state index in [4.69, 9.17) is 5.11 Å². The monoisotopic (exact) mass is 379 g/mol. The van der Waals surface area contributed by atoms with E-state index < -0.39 is 21.7 Å². The Hall–Kier alpha value is -2.71. The Morgan fingerprint density at radius 2 is 1.79 bits per heavy atom. The molecule has 0 saturated heterocycles. The number of hydrogen-bond acceptors (Lipinski definition) is 3. The Labute approximate surface area is 145 Å².